The van der Waals surface area contributed by atoms with Gasteiger partial charge in [-0.25, -0.2) is 8.42 Å². The smallest absolute Gasteiger partial charge is 0.270 e. The van der Waals surface area contributed by atoms with Gasteiger partial charge in [-0.05, 0) is 6.07 Å². The standard InChI is InChI=1S/C11H16N4O5S/c1-14(5-6-21(2,19)20)10-4-3-8(15(17)18)7-9(10)11(12)13-16/h3-4,7,16H,5-6H2,1-2H3,(H2,12,13). The highest BCUT2D eigenvalue weighted by molar-refractivity contribution is 7.90. The first kappa shape index (κ1) is 16.7. The fraction of sp³-hybridized carbons (Fsp3) is 0.364. The highest BCUT2D eigenvalue weighted by Gasteiger charge is 2.17. The second-order valence-corrected chi connectivity index (χ2v) is 6.75. The summed E-state index contributed by atoms with van der Waals surface area (Å²) in [5.74, 6) is -0.379. The predicted molar refractivity (Wildman–Crippen MR) is 78.6 cm³/mol. The number of nitro benzene ring substituents is 1. The van der Waals surface area contributed by atoms with Gasteiger partial charge >= 0.3 is 0 Å². The quantitative estimate of drug-likeness (QED) is 0.251. The Morgan fingerprint density at radius 1 is 1.52 bits per heavy atom. The second kappa shape index (κ2) is 6.39. The van der Waals surface area contributed by atoms with Crippen molar-refractivity contribution in [2.75, 3.05) is 30.5 Å². The summed E-state index contributed by atoms with van der Waals surface area (Å²) in [6.07, 6.45) is 1.11. The molecule has 0 aliphatic heterocycles. The van der Waals surface area contributed by atoms with Gasteiger partial charge in [0.15, 0.2) is 5.84 Å². The third-order valence-corrected chi connectivity index (χ3v) is 3.71. The molecule has 0 saturated carbocycles. The van der Waals surface area contributed by atoms with E-state index in [9.17, 15) is 18.5 Å². The molecule has 0 unspecified atom stereocenters. The third kappa shape index (κ3) is 4.60. The van der Waals surface area contributed by atoms with Crippen LogP contribution in [0.5, 0.6) is 0 Å². The molecule has 0 aliphatic carbocycles. The molecule has 1 aromatic carbocycles. The van der Waals surface area contributed by atoms with Gasteiger partial charge in [-0.15, -0.1) is 0 Å². The summed E-state index contributed by atoms with van der Waals surface area (Å²) in [4.78, 5) is 11.7. The van der Waals surface area contributed by atoms with E-state index in [4.69, 9.17) is 10.9 Å². The molecule has 116 valence electrons. The van der Waals surface area contributed by atoms with Gasteiger partial charge in [0.2, 0.25) is 0 Å². The zero-order valence-electron chi connectivity index (χ0n) is 11.6. The van der Waals surface area contributed by atoms with Gasteiger partial charge in [-0.2, -0.15) is 0 Å². The number of sulfone groups is 1. The van der Waals surface area contributed by atoms with Gasteiger partial charge in [0.25, 0.3) is 5.69 Å². The fourth-order valence-corrected chi connectivity index (χ4v) is 2.26. The molecule has 3 N–H and O–H groups in total. The first-order valence-electron chi connectivity index (χ1n) is 5.81. The molecular formula is C11H16N4O5S. The van der Waals surface area contributed by atoms with E-state index in [1.54, 1.807) is 11.9 Å². The van der Waals surface area contributed by atoms with Crippen LogP contribution in [0, 0.1) is 10.1 Å². The molecule has 0 fully saturated rings. The summed E-state index contributed by atoms with van der Waals surface area (Å²) < 4.78 is 22.4. The Kier molecular flexibility index (Phi) is 5.08. The van der Waals surface area contributed by atoms with Gasteiger partial charge in [-0.3, -0.25) is 10.1 Å². The molecule has 0 spiro atoms. The molecule has 0 amide bonds. The van der Waals surface area contributed by atoms with E-state index in [2.05, 4.69) is 5.16 Å². The molecule has 0 aromatic heterocycles. The van der Waals surface area contributed by atoms with Crippen LogP contribution in [-0.4, -0.2) is 50.0 Å². The number of nitrogens with zero attached hydrogens (tertiary/aromatic N) is 3. The van der Waals surface area contributed by atoms with E-state index in [1.165, 1.54) is 18.2 Å². The van der Waals surface area contributed by atoms with Crippen molar-refractivity contribution in [2.24, 2.45) is 10.9 Å². The summed E-state index contributed by atoms with van der Waals surface area (Å²) in [6.45, 7) is 0.169. The zero-order chi connectivity index (χ0) is 16.2. The fourth-order valence-electron chi connectivity index (χ4n) is 1.65. The maximum Gasteiger partial charge on any atom is 0.270 e. The summed E-state index contributed by atoms with van der Waals surface area (Å²) >= 11 is 0. The second-order valence-electron chi connectivity index (χ2n) is 4.50. The average molecular weight is 316 g/mol. The van der Waals surface area contributed by atoms with Gasteiger partial charge in [0, 0.05) is 37.7 Å². The maximum atomic E-state index is 11.2. The molecular weight excluding hydrogens is 300 g/mol. The summed E-state index contributed by atoms with van der Waals surface area (Å²) in [5.41, 5.74) is 5.89. The van der Waals surface area contributed by atoms with Crippen LogP contribution < -0.4 is 10.6 Å². The van der Waals surface area contributed by atoms with E-state index in [-0.39, 0.29) is 29.4 Å². The SMILES string of the molecule is CN(CCS(C)(=O)=O)c1ccc([N+](=O)[O-])cc1C(N)=NO. The molecule has 0 bridgehead atoms. The van der Waals surface area contributed by atoms with Crippen molar-refractivity contribution in [2.45, 2.75) is 0 Å². The Hall–Kier alpha value is -2.36. The first-order chi connectivity index (χ1) is 9.65. The number of hydrogen-bond donors (Lipinski definition) is 2. The first-order valence-corrected chi connectivity index (χ1v) is 7.87. The molecule has 9 nitrogen and oxygen atoms in total. The number of rotatable bonds is 6. The van der Waals surface area contributed by atoms with E-state index in [0.29, 0.717) is 5.69 Å². The number of non-ortho nitro benzene ring substituents is 1. The van der Waals surface area contributed by atoms with Gasteiger partial charge in [0.05, 0.1) is 16.2 Å². The molecule has 1 aromatic rings. The highest BCUT2D eigenvalue weighted by atomic mass is 32.2. The summed E-state index contributed by atoms with van der Waals surface area (Å²) in [6, 6.07) is 3.86. The molecule has 1 rings (SSSR count). The van der Waals surface area contributed by atoms with Crippen molar-refractivity contribution < 1.29 is 18.5 Å². The van der Waals surface area contributed by atoms with E-state index >= 15 is 0 Å². The lowest BCUT2D eigenvalue weighted by molar-refractivity contribution is -0.384. The average Bonchev–Trinajstić information content (AvgIpc) is 2.42. The number of nitro groups is 1. The molecule has 0 aliphatic rings. The molecule has 0 atom stereocenters. The lowest BCUT2D eigenvalue weighted by atomic mass is 10.1. The van der Waals surface area contributed by atoms with Gasteiger partial charge in [-0.1, -0.05) is 5.16 Å². The molecule has 10 heteroatoms. The van der Waals surface area contributed by atoms with Crippen LogP contribution in [0.1, 0.15) is 5.56 Å². The monoisotopic (exact) mass is 316 g/mol. The van der Waals surface area contributed by atoms with E-state index < -0.39 is 14.8 Å². The molecule has 0 saturated heterocycles. The Morgan fingerprint density at radius 2 is 2.14 bits per heavy atom. The number of nitrogens with two attached hydrogens (primary N) is 1. The van der Waals surface area contributed by atoms with Crippen molar-refractivity contribution in [3.05, 3.63) is 33.9 Å². The van der Waals surface area contributed by atoms with Crippen LogP contribution in [0.2, 0.25) is 0 Å². The molecule has 0 radical (unpaired) electrons. The lowest BCUT2D eigenvalue weighted by Crippen LogP contribution is -2.27. The maximum absolute atomic E-state index is 11.2. The molecule has 21 heavy (non-hydrogen) atoms. The van der Waals surface area contributed by atoms with Crippen molar-refractivity contribution in [1.29, 1.82) is 0 Å². The highest BCUT2D eigenvalue weighted by Crippen LogP contribution is 2.24. The number of oxime groups is 1. The largest absolute Gasteiger partial charge is 0.409 e. The zero-order valence-corrected chi connectivity index (χ0v) is 12.4. The van der Waals surface area contributed by atoms with Crippen molar-refractivity contribution in [3.8, 4) is 0 Å². The van der Waals surface area contributed by atoms with Crippen LogP contribution in [-0.2, 0) is 9.84 Å². The summed E-state index contributed by atoms with van der Waals surface area (Å²) in [7, 11) is -1.54. The minimum atomic E-state index is -3.15. The predicted octanol–water partition coefficient (Wildman–Crippen LogP) is 0.170. The Bertz CT molecular complexity index is 671. The van der Waals surface area contributed by atoms with Gasteiger partial charge in [0.1, 0.15) is 9.84 Å². The number of benzene rings is 1. The normalized spacial score (nSPS) is 12.2. The van der Waals surface area contributed by atoms with E-state index in [1.807, 2.05) is 0 Å². The van der Waals surface area contributed by atoms with Crippen LogP contribution >= 0.6 is 0 Å². The summed E-state index contributed by atoms with van der Waals surface area (Å²) in [5, 5.41) is 22.4. The number of anilines is 1. The van der Waals surface area contributed by atoms with E-state index in [0.717, 1.165) is 6.26 Å². The van der Waals surface area contributed by atoms with Gasteiger partial charge < -0.3 is 15.8 Å². The van der Waals surface area contributed by atoms with Crippen molar-refractivity contribution >= 4 is 27.0 Å². The minimum Gasteiger partial charge on any atom is -0.409 e. The number of amidine groups is 1. The van der Waals surface area contributed by atoms with Crippen LogP contribution in [0.4, 0.5) is 11.4 Å². The topological polar surface area (TPSA) is 139 Å². The Labute approximate surface area is 121 Å². The lowest BCUT2D eigenvalue weighted by Gasteiger charge is -2.21. The Morgan fingerprint density at radius 3 is 2.62 bits per heavy atom. The molecule has 0 heterocycles. The van der Waals surface area contributed by atoms with Crippen LogP contribution in [0.15, 0.2) is 23.4 Å². The number of hydrogen-bond acceptors (Lipinski definition) is 7. The van der Waals surface area contributed by atoms with Crippen LogP contribution in [0.3, 0.4) is 0 Å². The van der Waals surface area contributed by atoms with Crippen molar-refractivity contribution in [1.82, 2.24) is 0 Å². The van der Waals surface area contributed by atoms with Crippen molar-refractivity contribution in [3.63, 3.8) is 0 Å². The Balaban J connectivity index is 3.19. The third-order valence-electron chi connectivity index (χ3n) is 2.78. The minimum absolute atomic E-state index is 0.0872. The van der Waals surface area contributed by atoms with Crippen LogP contribution in [0.25, 0.3) is 0 Å².